The van der Waals surface area contributed by atoms with Gasteiger partial charge in [-0.1, -0.05) is 34.1 Å². The summed E-state index contributed by atoms with van der Waals surface area (Å²) < 4.78 is 4.88. The molecule has 4 nitrogen and oxygen atoms in total. The molecule has 4 rings (SSSR count). The van der Waals surface area contributed by atoms with E-state index in [4.69, 9.17) is 4.74 Å². The Hall–Kier alpha value is -0.610. The van der Waals surface area contributed by atoms with Crippen LogP contribution in [0.25, 0.3) is 0 Å². The van der Waals surface area contributed by atoms with Crippen LogP contribution >= 0.6 is 0 Å². The molecule has 4 saturated carbocycles. The monoisotopic (exact) mass is 434 g/mol. The largest absolute Gasteiger partial charge is 0.469 e. The first kappa shape index (κ1) is 23.5. The molecule has 0 spiro atoms. The molecule has 0 aromatic carbocycles. The molecular weight excluding hydrogens is 388 g/mol. The number of carbonyl (C=O) groups excluding carboxylic acids is 1. The highest BCUT2D eigenvalue weighted by Crippen LogP contribution is 2.69. The number of ether oxygens (including phenoxy) is 1. The highest BCUT2D eigenvalue weighted by Gasteiger charge is 2.64. The summed E-state index contributed by atoms with van der Waals surface area (Å²) in [4.78, 5) is 11.7. The van der Waals surface area contributed by atoms with Gasteiger partial charge in [0.1, 0.15) is 0 Å². The molecule has 0 heterocycles. The second kappa shape index (κ2) is 8.63. The molecule has 4 aliphatic carbocycles. The zero-order valence-corrected chi connectivity index (χ0v) is 20.5. The van der Waals surface area contributed by atoms with Crippen molar-refractivity contribution in [3.05, 3.63) is 0 Å². The van der Waals surface area contributed by atoms with Crippen molar-refractivity contribution in [3.8, 4) is 0 Å². The molecule has 2 N–H and O–H groups in total. The van der Waals surface area contributed by atoms with Crippen LogP contribution < -0.4 is 0 Å². The molecule has 31 heavy (non-hydrogen) atoms. The van der Waals surface area contributed by atoms with Crippen molar-refractivity contribution in [3.63, 3.8) is 0 Å². The SMILES string of the molecule is CC[C@@H]1C2C[C@H](O)CC[C@@]2(C)[C@H]2CCC3(C)[C@@H]([C@H](C)CCC(=O)OC)CC[C@H]3C2[C@@H]1O. The maximum atomic E-state index is 11.8. The molecule has 0 aliphatic heterocycles. The predicted molar refractivity (Wildman–Crippen MR) is 122 cm³/mol. The predicted octanol–water partition coefficient (Wildman–Crippen LogP) is 5.20. The van der Waals surface area contributed by atoms with Gasteiger partial charge in [0.05, 0.1) is 19.3 Å². The number of fused-ring (bicyclic) bond motifs is 5. The zero-order valence-electron chi connectivity index (χ0n) is 20.5. The Morgan fingerprint density at radius 1 is 1.03 bits per heavy atom. The van der Waals surface area contributed by atoms with E-state index >= 15 is 0 Å². The van der Waals surface area contributed by atoms with Crippen molar-refractivity contribution in [1.29, 1.82) is 0 Å². The topological polar surface area (TPSA) is 66.8 Å². The van der Waals surface area contributed by atoms with E-state index in [1.165, 1.54) is 32.8 Å². The molecule has 0 bridgehead atoms. The van der Waals surface area contributed by atoms with E-state index in [-0.39, 0.29) is 29.0 Å². The van der Waals surface area contributed by atoms with Crippen LogP contribution in [0.3, 0.4) is 0 Å². The number of hydrogen-bond donors (Lipinski definition) is 2. The second-order valence-corrected chi connectivity index (χ2v) is 12.2. The summed E-state index contributed by atoms with van der Waals surface area (Å²) in [6.07, 6.45) is 9.87. The van der Waals surface area contributed by atoms with Gasteiger partial charge in [-0.05, 0) is 104 Å². The summed E-state index contributed by atoms with van der Waals surface area (Å²) in [7, 11) is 1.48. The number of esters is 1. The van der Waals surface area contributed by atoms with Gasteiger partial charge in [0.25, 0.3) is 0 Å². The van der Waals surface area contributed by atoms with E-state index in [1.54, 1.807) is 0 Å². The van der Waals surface area contributed by atoms with Gasteiger partial charge in [-0.2, -0.15) is 0 Å². The van der Waals surface area contributed by atoms with Crippen LogP contribution in [0.15, 0.2) is 0 Å². The van der Waals surface area contributed by atoms with Crippen molar-refractivity contribution in [2.45, 2.75) is 104 Å². The third kappa shape index (κ3) is 3.68. The molecule has 0 radical (unpaired) electrons. The number of hydrogen-bond acceptors (Lipinski definition) is 4. The van der Waals surface area contributed by atoms with Crippen LogP contribution in [0.1, 0.15) is 91.9 Å². The summed E-state index contributed by atoms with van der Waals surface area (Å²) >= 11 is 0. The first-order valence-electron chi connectivity index (χ1n) is 13.1. The third-order valence-corrected chi connectivity index (χ3v) is 11.2. The maximum absolute atomic E-state index is 11.8. The molecule has 4 heteroatoms. The molecule has 0 saturated heterocycles. The normalized spacial score (nSPS) is 50.2. The number of aliphatic hydroxyl groups excluding tert-OH is 2. The fraction of sp³-hybridized carbons (Fsp3) is 0.963. The summed E-state index contributed by atoms with van der Waals surface area (Å²) in [6.45, 7) is 9.58. The van der Waals surface area contributed by atoms with Gasteiger partial charge >= 0.3 is 5.97 Å². The van der Waals surface area contributed by atoms with Crippen LogP contribution in [0.5, 0.6) is 0 Å². The first-order chi connectivity index (χ1) is 14.7. The zero-order chi connectivity index (χ0) is 22.6. The summed E-state index contributed by atoms with van der Waals surface area (Å²) in [6, 6.07) is 0. The van der Waals surface area contributed by atoms with Crippen molar-refractivity contribution >= 4 is 5.97 Å². The summed E-state index contributed by atoms with van der Waals surface area (Å²) in [5.74, 6) is 3.41. The van der Waals surface area contributed by atoms with Crippen LogP contribution in [0.2, 0.25) is 0 Å². The second-order valence-electron chi connectivity index (χ2n) is 12.2. The van der Waals surface area contributed by atoms with Gasteiger partial charge in [-0.15, -0.1) is 0 Å². The third-order valence-electron chi connectivity index (χ3n) is 11.2. The number of methoxy groups -OCH3 is 1. The van der Waals surface area contributed by atoms with Crippen molar-refractivity contribution in [2.75, 3.05) is 7.11 Å². The van der Waals surface area contributed by atoms with E-state index in [2.05, 4.69) is 27.7 Å². The lowest BCUT2D eigenvalue weighted by molar-refractivity contribution is -0.203. The van der Waals surface area contributed by atoms with Crippen molar-refractivity contribution in [2.24, 2.45) is 52.3 Å². The highest BCUT2D eigenvalue weighted by atomic mass is 16.5. The molecule has 4 aliphatic rings. The van der Waals surface area contributed by atoms with Gasteiger partial charge in [-0.3, -0.25) is 4.79 Å². The smallest absolute Gasteiger partial charge is 0.305 e. The van der Waals surface area contributed by atoms with Gasteiger partial charge in [0, 0.05) is 6.42 Å². The van der Waals surface area contributed by atoms with Crippen LogP contribution in [0.4, 0.5) is 0 Å². The van der Waals surface area contributed by atoms with E-state index in [9.17, 15) is 15.0 Å². The minimum atomic E-state index is -0.230. The van der Waals surface area contributed by atoms with E-state index in [0.717, 1.165) is 32.1 Å². The Balaban J connectivity index is 1.58. The Morgan fingerprint density at radius 2 is 1.71 bits per heavy atom. The average Bonchev–Trinajstić information content (AvgIpc) is 3.10. The van der Waals surface area contributed by atoms with Gasteiger partial charge in [0.2, 0.25) is 0 Å². The number of aliphatic hydroxyl groups is 2. The quantitative estimate of drug-likeness (QED) is 0.584. The molecule has 178 valence electrons. The molecule has 0 amide bonds. The maximum Gasteiger partial charge on any atom is 0.305 e. The van der Waals surface area contributed by atoms with Crippen LogP contribution in [-0.4, -0.2) is 35.5 Å². The minimum absolute atomic E-state index is 0.0952. The minimum Gasteiger partial charge on any atom is -0.469 e. The molecule has 0 aromatic rings. The fourth-order valence-corrected chi connectivity index (χ4v) is 9.58. The van der Waals surface area contributed by atoms with Gasteiger partial charge in [-0.25, -0.2) is 0 Å². The van der Waals surface area contributed by atoms with Crippen molar-refractivity contribution < 1.29 is 19.7 Å². The lowest BCUT2D eigenvalue weighted by atomic mass is 9.41. The highest BCUT2D eigenvalue weighted by molar-refractivity contribution is 5.69. The van der Waals surface area contributed by atoms with E-state index in [1.807, 2.05) is 0 Å². The first-order valence-corrected chi connectivity index (χ1v) is 13.1. The van der Waals surface area contributed by atoms with Gasteiger partial charge in [0.15, 0.2) is 0 Å². The van der Waals surface area contributed by atoms with E-state index < -0.39 is 0 Å². The average molecular weight is 435 g/mol. The van der Waals surface area contributed by atoms with Gasteiger partial charge < -0.3 is 14.9 Å². The van der Waals surface area contributed by atoms with Crippen LogP contribution in [-0.2, 0) is 9.53 Å². The Morgan fingerprint density at radius 3 is 2.39 bits per heavy atom. The summed E-state index contributed by atoms with van der Waals surface area (Å²) in [5, 5.41) is 22.2. The van der Waals surface area contributed by atoms with E-state index in [0.29, 0.717) is 47.8 Å². The molecule has 0 aromatic heterocycles. The number of carbonyl (C=O) groups is 1. The molecule has 11 atom stereocenters. The summed E-state index contributed by atoms with van der Waals surface area (Å²) in [5.41, 5.74) is 0.535. The molecular formula is C27H46O4. The Bertz CT molecular complexity index is 664. The lowest BCUT2D eigenvalue weighted by Crippen LogP contribution is -2.62. The number of rotatable bonds is 5. The fourth-order valence-electron chi connectivity index (χ4n) is 9.58. The Kier molecular flexibility index (Phi) is 6.55. The van der Waals surface area contributed by atoms with Crippen molar-refractivity contribution in [1.82, 2.24) is 0 Å². The molecule has 3 unspecified atom stereocenters. The Labute approximate surface area is 189 Å². The van der Waals surface area contributed by atoms with Crippen LogP contribution in [0, 0.1) is 52.3 Å². The standard InChI is InChI=1S/C27H46O4/c1-6-18-22-15-17(28)11-13-27(22,4)21-12-14-26(3)19(16(2)7-10-23(29)31-5)8-9-20(26)24(21)25(18)30/h16-22,24-25,28,30H,6-15H2,1-5H3/t16-,17-,18-,19-,20+,21+,22?,24?,25-,26?,27+/m1/s1. The molecule has 4 fully saturated rings. The lowest BCUT2D eigenvalue weighted by Gasteiger charge is -2.64.